The maximum absolute atomic E-state index is 6.68. The molecule has 32 heavy (non-hydrogen) atoms. The quantitative estimate of drug-likeness (QED) is 0.305. The summed E-state index contributed by atoms with van der Waals surface area (Å²) in [6.07, 6.45) is 3.56. The summed E-state index contributed by atoms with van der Waals surface area (Å²) in [5.41, 5.74) is 12.6. The summed E-state index contributed by atoms with van der Waals surface area (Å²) in [6.45, 7) is 0.662. The van der Waals surface area contributed by atoms with Gasteiger partial charge in [-0.1, -0.05) is 53.5 Å². The molecule has 0 spiro atoms. The van der Waals surface area contributed by atoms with Crippen LogP contribution < -0.4 is 11.1 Å². The van der Waals surface area contributed by atoms with Crippen molar-refractivity contribution in [3.8, 4) is 0 Å². The predicted octanol–water partition coefficient (Wildman–Crippen LogP) is 6.75. The van der Waals surface area contributed by atoms with Gasteiger partial charge in [-0.3, -0.25) is 9.97 Å². The molecule has 5 aromatic rings. The summed E-state index contributed by atoms with van der Waals surface area (Å²) in [5, 5.41) is 6.90. The van der Waals surface area contributed by atoms with E-state index in [1.165, 1.54) is 0 Å². The van der Waals surface area contributed by atoms with Gasteiger partial charge in [0.25, 0.3) is 0 Å². The van der Waals surface area contributed by atoms with Crippen LogP contribution in [-0.4, -0.2) is 9.97 Å². The van der Waals surface area contributed by atoms with E-state index in [1.807, 2.05) is 54.6 Å². The Balaban J connectivity index is 1.41. The monoisotopic (exact) mass is 458 g/mol. The van der Waals surface area contributed by atoms with Crippen molar-refractivity contribution in [1.29, 1.82) is 0 Å². The lowest BCUT2D eigenvalue weighted by molar-refractivity contribution is 0.875. The summed E-state index contributed by atoms with van der Waals surface area (Å²) >= 11 is 12.2. The Bertz CT molecular complexity index is 1430. The van der Waals surface area contributed by atoms with Gasteiger partial charge in [0, 0.05) is 45.4 Å². The molecule has 4 nitrogen and oxygen atoms in total. The molecule has 0 bridgehead atoms. The van der Waals surface area contributed by atoms with Crippen LogP contribution in [0.2, 0.25) is 10.0 Å². The molecule has 3 aromatic carbocycles. The van der Waals surface area contributed by atoms with Gasteiger partial charge in [0.1, 0.15) is 0 Å². The third kappa shape index (κ3) is 4.13. The van der Waals surface area contributed by atoms with Crippen molar-refractivity contribution >= 4 is 50.7 Å². The molecule has 2 heterocycles. The van der Waals surface area contributed by atoms with Gasteiger partial charge in [0.15, 0.2) is 0 Å². The number of nitrogens with two attached hydrogens (primary N) is 1. The Hall–Kier alpha value is -3.18. The second kappa shape index (κ2) is 8.75. The van der Waals surface area contributed by atoms with Gasteiger partial charge in [0.05, 0.1) is 17.1 Å². The number of hydrogen-bond acceptors (Lipinski definition) is 4. The number of pyridine rings is 2. The third-order valence-corrected chi connectivity index (χ3v) is 6.04. The minimum atomic E-state index is -0.273. The maximum Gasteiger partial charge on any atom is 0.0737 e. The number of nitrogens with zero attached hydrogens (tertiary/aromatic N) is 2. The zero-order valence-electron chi connectivity index (χ0n) is 17.1. The Morgan fingerprint density at radius 2 is 1.47 bits per heavy atom. The molecule has 0 fully saturated rings. The van der Waals surface area contributed by atoms with E-state index in [0.29, 0.717) is 16.6 Å². The highest BCUT2D eigenvalue weighted by atomic mass is 35.5. The van der Waals surface area contributed by atoms with E-state index >= 15 is 0 Å². The Morgan fingerprint density at radius 3 is 2.25 bits per heavy atom. The van der Waals surface area contributed by atoms with Crippen LogP contribution >= 0.6 is 23.2 Å². The zero-order chi connectivity index (χ0) is 22.1. The van der Waals surface area contributed by atoms with Crippen LogP contribution in [0, 0.1) is 0 Å². The molecule has 3 N–H and O–H groups in total. The Labute approximate surface area is 196 Å². The molecule has 5 rings (SSSR count). The summed E-state index contributed by atoms with van der Waals surface area (Å²) in [7, 11) is 0. The number of hydrogen-bond donors (Lipinski definition) is 2. The van der Waals surface area contributed by atoms with Gasteiger partial charge in [-0.2, -0.15) is 0 Å². The van der Waals surface area contributed by atoms with Crippen LogP contribution in [0.5, 0.6) is 0 Å². The molecular formula is C26H20Cl2N4. The van der Waals surface area contributed by atoms with Crippen LogP contribution in [-0.2, 0) is 6.54 Å². The lowest BCUT2D eigenvalue weighted by Gasteiger charge is -2.17. The highest BCUT2D eigenvalue weighted by Gasteiger charge is 2.13. The number of halogens is 2. The Kier molecular flexibility index (Phi) is 5.66. The fourth-order valence-electron chi connectivity index (χ4n) is 3.96. The summed E-state index contributed by atoms with van der Waals surface area (Å²) < 4.78 is 0. The van der Waals surface area contributed by atoms with Crippen molar-refractivity contribution in [2.24, 2.45) is 5.73 Å². The first-order chi connectivity index (χ1) is 15.6. The fourth-order valence-corrected chi connectivity index (χ4v) is 4.30. The molecule has 158 valence electrons. The lowest BCUT2D eigenvalue weighted by atomic mass is 9.95. The summed E-state index contributed by atoms with van der Waals surface area (Å²) in [4.78, 5) is 8.83. The number of anilines is 1. The molecule has 0 aliphatic carbocycles. The van der Waals surface area contributed by atoms with Crippen LogP contribution in [0.15, 0.2) is 85.2 Å². The van der Waals surface area contributed by atoms with E-state index < -0.39 is 0 Å². The topological polar surface area (TPSA) is 63.8 Å². The highest BCUT2D eigenvalue weighted by Crippen LogP contribution is 2.29. The number of benzene rings is 3. The highest BCUT2D eigenvalue weighted by molar-refractivity contribution is 6.31. The molecule has 6 heteroatoms. The van der Waals surface area contributed by atoms with Crippen molar-refractivity contribution in [1.82, 2.24) is 9.97 Å². The van der Waals surface area contributed by atoms with Crippen LogP contribution in [0.25, 0.3) is 21.8 Å². The lowest BCUT2D eigenvalue weighted by Crippen LogP contribution is -2.13. The van der Waals surface area contributed by atoms with Gasteiger partial charge in [0.2, 0.25) is 0 Å². The van der Waals surface area contributed by atoms with Crippen molar-refractivity contribution in [3.63, 3.8) is 0 Å². The molecule has 0 saturated heterocycles. The second-order valence-corrected chi connectivity index (χ2v) is 8.53. The van der Waals surface area contributed by atoms with Crippen LogP contribution in [0.3, 0.4) is 0 Å². The van der Waals surface area contributed by atoms with E-state index in [4.69, 9.17) is 28.9 Å². The van der Waals surface area contributed by atoms with E-state index in [1.54, 1.807) is 12.4 Å². The SMILES string of the molecule is NC(c1cccc(CNc2ccnc3cc(Cl)ccc23)c1)c1ccnc2cc(Cl)ccc12. The van der Waals surface area contributed by atoms with E-state index in [2.05, 4.69) is 33.5 Å². The smallest absolute Gasteiger partial charge is 0.0737 e. The number of fused-ring (bicyclic) bond motifs is 2. The molecule has 0 saturated carbocycles. The minimum absolute atomic E-state index is 0.273. The molecule has 0 aliphatic rings. The van der Waals surface area contributed by atoms with Gasteiger partial charge in [-0.25, -0.2) is 0 Å². The first-order valence-electron chi connectivity index (χ1n) is 10.3. The van der Waals surface area contributed by atoms with E-state index in [0.717, 1.165) is 44.2 Å². The van der Waals surface area contributed by atoms with Crippen molar-refractivity contribution < 1.29 is 0 Å². The molecule has 1 atom stereocenters. The van der Waals surface area contributed by atoms with E-state index in [-0.39, 0.29) is 6.04 Å². The largest absolute Gasteiger partial charge is 0.380 e. The number of aromatic nitrogens is 2. The van der Waals surface area contributed by atoms with Gasteiger partial charge in [-0.15, -0.1) is 0 Å². The molecular weight excluding hydrogens is 439 g/mol. The van der Waals surface area contributed by atoms with Crippen LogP contribution in [0.1, 0.15) is 22.7 Å². The van der Waals surface area contributed by atoms with Gasteiger partial charge >= 0.3 is 0 Å². The Morgan fingerprint density at radius 1 is 0.781 bits per heavy atom. The van der Waals surface area contributed by atoms with Crippen molar-refractivity contribution in [2.45, 2.75) is 12.6 Å². The number of nitrogens with one attached hydrogen (secondary N) is 1. The molecule has 0 radical (unpaired) electrons. The molecule has 0 amide bonds. The second-order valence-electron chi connectivity index (χ2n) is 7.66. The van der Waals surface area contributed by atoms with Crippen molar-refractivity contribution in [2.75, 3.05) is 5.32 Å². The standard InChI is InChI=1S/C26H20Cl2N4/c27-18-4-6-20-21(8-10-30-24(20)13-18)26(29)17-3-1-2-16(12-17)15-32-23-9-11-31-25-14-19(28)5-7-22(23)25/h1-14,26H,15,29H2,(H,31,32). The average molecular weight is 459 g/mol. The maximum atomic E-state index is 6.68. The van der Waals surface area contributed by atoms with Gasteiger partial charge in [-0.05, 0) is 59.2 Å². The van der Waals surface area contributed by atoms with Crippen LogP contribution in [0.4, 0.5) is 5.69 Å². The summed E-state index contributed by atoms with van der Waals surface area (Å²) in [5.74, 6) is 0. The zero-order valence-corrected chi connectivity index (χ0v) is 18.6. The fraction of sp³-hybridized carbons (Fsp3) is 0.0769. The van der Waals surface area contributed by atoms with Crippen molar-refractivity contribution in [3.05, 3.63) is 112 Å². The first kappa shape index (κ1) is 20.7. The average Bonchev–Trinajstić information content (AvgIpc) is 2.81. The minimum Gasteiger partial charge on any atom is -0.380 e. The number of rotatable bonds is 5. The van der Waals surface area contributed by atoms with E-state index in [9.17, 15) is 0 Å². The predicted molar refractivity (Wildman–Crippen MR) is 133 cm³/mol. The third-order valence-electron chi connectivity index (χ3n) is 5.57. The first-order valence-corrected chi connectivity index (χ1v) is 11.0. The molecule has 2 aromatic heterocycles. The normalized spacial score (nSPS) is 12.2. The molecule has 0 aliphatic heterocycles. The summed E-state index contributed by atoms with van der Waals surface area (Å²) in [6, 6.07) is 23.4. The van der Waals surface area contributed by atoms with Gasteiger partial charge < -0.3 is 11.1 Å². The molecule has 1 unspecified atom stereocenters.